The second kappa shape index (κ2) is 14.3. The highest BCUT2D eigenvalue weighted by molar-refractivity contribution is 5.95. The number of hydrogen-bond acceptors (Lipinski definition) is 6. The summed E-state index contributed by atoms with van der Waals surface area (Å²) >= 11 is 0. The molecule has 4 atom stereocenters. The summed E-state index contributed by atoms with van der Waals surface area (Å²) in [5.74, 6) is -1.95. The van der Waals surface area contributed by atoms with Crippen LogP contribution in [-0.2, 0) is 38.4 Å². The van der Waals surface area contributed by atoms with Gasteiger partial charge in [0.05, 0.1) is 6.04 Å². The van der Waals surface area contributed by atoms with Gasteiger partial charge in [-0.05, 0) is 48.1 Å². The van der Waals surface area contributed by atoms with Gasteiger partial charge >= 0.3 is 0 Å². The molecular formula is C32H37N5O5. The Morgan fingerprint density at radius 3 is 1.90 bits per heavy atom. The molecule has 0 unspecified atom stereocenters. The minimum absolute atomic E-state index is 0.117. The fourth-order valence-electron chi connectivity index (χ4n) is 5.16. The van der Waals surface area contributed by atoms with E-state index in [4.69, 9.17) is 11.5 Å². The first kappa shape index (κ1) is 30.3. The molecule has 0 aliphatic carbocycles. The molecule has 7 N–H and O–H groups in total. The zero-order valence-corrected chi connectivity index (χ0v) is 23.3. The number of nitrogens with two attached hydrogens (primary N) is 2. The summed E-state index contributed by atoms with van der Waals surface area (Å²) < 4.78 is 0. The quantitative estimate of drug-likeness (QED) is 0.219. The maximum atomic E-state index is 13.5. The van der Waals surface area contributed by atoms with Gasteiger partial charge in [-0.15, -0.1) is 0 Å². The standard InChI is InChI=1S/C32H37N5O5/c33-25(18-23-13-15-24(38)16-14-23)32(42)37-17-7-12-28(37)31(41)36-27(20-22-10-5-2-6-11-22)30(40)35-26(29(34)39)19-21-8-3-1-4-9-21/h1-6,8-11,13-16,25-28,38H,7,12,17-20,33H2,(H2,34,39)(H,35,40)(H,36,41)/t25-,26-,27+,28-/m0/s1. The molecule has 4 amide bonds. The van der Waals surface area contributed by atoms with Gasteiger partial charge in [0.2, 0.25) is 23.6 Å². The van der Waals surface area contributed by atoms with Crippen molar-refractivity contribution < 1.29 is 24.3 Å². The number of nitrogens with zero attached hydrogens (tertiary/aromatic N) is 1. The van der Waals surface area contributed by atoms with Crippen LogP contribution in [0.2, 0.25) is 0 Å². The van der Waals surface area contributed by atoms with Crippen molar-refractivity contribution >= 4 is 23.6 Å². The number of aromatic hydroxyl groups is 1. The van der Waals surface area contributed by atoms with Crippen molar-refractivity contribution in [2.45, 2.75) is 56.3 Å². The number of hydrogen-bond donors (Lipinski definition) is 5. The third kappa shape index (κ3) is 8.17. The number of likely N-dealkylation sites (tertiary alicyclic amines) is 1. The van der Waals surface area contributed by atoms with Crippen LogP contribution in [0.5, 0.6) is 5.75 Å². The topological polar surface area (TPSA) is 168 Å². The SMILES string of the molecule is NC(=O)[C@H](Cc1ccccc1)NC(=O)[C@@H](Cc1ccccc1)NC(=O)[C@@H]1CCCN1C(=O)[C@@H](N)Cc1ccc(O)cc1. The molecule has 1 saturated heterocycles. The molecule has 0 bridgehead atoms. The van der Waals surface area contributed by atoms with Gasteiger partial charge < -0.3 is 32.1 Å². The van der Waals surface area contributed by atoms with Crippen LogP contribution in [0.1, 0.15) is 29.5 Å². The number of phenolic OH excluding ortho intramolecular Hbond substituents is 1. The van der Waals surface area contributed by atoms with Crippen LogP contribution >= 0.6 is 0 Å². The molecule has 10 nitrogen and oxygen atoms in total. The zero-order valence-electron chi connectivity index (χ0n) is 23.3. The van der Waals surface area contributed by atoms with Crippen molar-refractivity contribution in [3.05, 3.63) is 102 Å². The molecule has 3 aromatic rings. The number of nitrogens with one attached hydrogen (secondary N) is 2. The molecule has 0 spiro atoms. The summed E-state index contributed by atoms with van der Waals surface area (Å²) in [6.45, 7) is 0.372. The first-order chi connectivity index (χ1) is 20.2. The molecule has 0 saturated carbocycles. The van der Waals surface area contributed by atoms with E-state index in [2.05, 4.69) is 10.6 Å². The lowest BCUT2D eigenvalue weighted by atomic mass is 10.0. The fourth-order valence-corrected chi connectivity index (χ4v) is 5.16. The van der Waals surface area contributed by atoms with Crippen LogP contribution in [0, 0.1) is 0 Å². The van der Waals surface area contributed by atoms with Gasteiger partial charge in [-0.3, -0.25) is 19.2 Å². The minimum Gasteiger partial charge on any atom is -0.508 e. The Balaban J connectivity index is 1.46. The largest absolute Gasteiger partial charge is 0.508 e. The predicted molar refractivity (Wildman–Crippen MR) is 158 cm³/mol. The number of carbonyl (C=O) groups is 4. The Labute approximate surface area is 245 Å². The van der Waals surface area contributed by atoms with Gasteiger partial charge in [-0.2, -0.15) is 0 Å². The molecule has 42 heavy (non-hydrogen) atoms. The minimum atomic E-state index is -1.01. The average molecular weight is 572 g/mol. The maximum Gasteiger partial charge on any atom is 0.243 e. The second-order valence-electron chi connectivity index (χ2n) is 10.6. The van der Waals surface area contributed by atoms with Crippen molar-refractivity contribution in [3.8, 4) is 5.75 Å². The summed E-state index contributed by atoms with van der Waals surface area (Å²) in [5, 5.41) is 15.1. The molecule has 1 fully saturated rings. The first-order valence-corrected chi connectivity index (χ1v) is 14.0. The van der Waals surface area contributed by atoms with Gasteiger partial charge in [0.25, 0.3) is 0 Å². The Kier molecular flexibility index (Phi) is 10.3. The normalized spacial score (nSPS) is 16.7. The van der Waals surface area contributed by atoms with E-state index in [1.807, 2.05) is 60.7 Å². The molecule has 220 valence electrons. The van der Waals surface area contributed by atoms with E-state index in [1.165, 1.54) is 17.0 Å². The molecule has 0 radical (unpaired) electrons. The van der Waals surface area contributed by atoms with Crippen molar-refractivity contribution in [2.75, 3.05) is 6.54 Å². The monoisotopic (exact) mass is 571 g/mol. The van der Waals surface area contributed by atoms with E-state index < -0.39 is 41.9 Å². The van der Waals surface area contributed by atoms with Gasteiger partial charge in [0.15, 0.2) is 0 Å². The predicted octanol–water partition coefficient (Wildman–Crippen LogP) is 1.19. The number of primary amides is 1. The fraction of sp³-hybridized carbons (Fsp3) is 0.312. The molecule has 0 aromatic heterocycles. The summed E-state index contributed by atoms with van der Waals surface area (Å²) in [7, 11) is 0. The number of amides is 4. The first-order valence-electron chi connectivity index (χ1n) is 14.0. The molecule has 3 aromatic carbocycles. The molecule has 10 heteroatoms. The zero-order chi connectivity index (χ0) is 30.1. The van der Waals surface area contributed by atoms with Gasteiger partial charge in [0.1, 0.15) is 23.9 Å². The number of carbonyl (C=O) groups excluding carboxylic acids is 4. The van der Waals surface area contributed by atoms with Crippen LogP contribution in [0.25, 0.3) is 0 Å². The van der Waals surface area contributed by atoms with Gasteiger partial charge in [-0.1, -0.05) is 72.8 Å². The Bertz CT molecular complexity index is 1370. The third-order valence-electron chi connectivity index (χ3n) is 7.41. The van der Waals surface area contributed by atoms with E-state index in [-0.39, 0.29) is 30.9 Å². The number of rotatable bonds is 12. The van der Waals surface area contributed by atoms with Crippen LogP contribution in [-0.4, -0.2) is 64.3 Å². The van der Waals surface area contributed by atoms with E-state index in [9.17, 15) is 24.3 Å². The third-order valence-corrected chi connectivity index (χ3v) is 7.41. The molecular weight excluding hydrogens is 534 g/mol. The van der Waals surface area contributed by atoms with Crippen LogP contribution in [0.15, 0.2) is 84.9 Å². The summed E-state index contributed by atoms with van der Waals surface area (Å²) in [4.78, 5) is 54.0. The van der Waals surface area contributed by atoms with E-state index in [0.717, 1.165) is 16.7 Å². The van der Waals surface area contributed by atoms with Crippen molar-refractivity contribution in [3.63, 3.8) is 0 Å². The van der Waals surface area contributed by atoms with Crippen molar-refractivity contribution in [1.82, 2.24) is 15.5 Å². The van der Waals surface area contributed by atoms with Crippen LogP contribution < -0.4 is 22.1 Å². The lowest BCUT2D eigenvalue weighted by Gasteiger charge is -2.29. The highest BCUT2D eigenvalue weighted by Crippen LogP contribution is 2.20. The van der Waals surface area contributed by atoms with E-state index in [0.29, 0.717) is 19.4 Å². The smallest absolute Gasteiger partial charge is 0.243 e. The lowest BCUT2D eigenvalue weighted by molar-refractivity contribution is -0.140. The van der Waals surface area contributed by atoms with Crippen molar-refractivity contribution in [1.29, 1.82) is 0 Å². The van der Waals surface area contributed by atoms with E-state index >= 15 is 0 Å². The lowest BCUT2D eigenvalue weighted by Crippen LogP contribution is -2.58. The van der Waals surface area contributed by atoms with E-state index in [1.54, 1.807) is 12.1 Å². The van der Waals surface area contributed by atoms with Crippen LogP contribution in [0.4, 0.5) is 0 Å². The average Bonchev–Trinajstić information content (AvgIpc) is 3.48. The van der Waals surface area contributed by atoms with Gasteiger partial charge in [-0.25, -0.2) is 0 Å². The maximum absolute atomic E-state index is 13.5. The number of benzene rings is 3. The molecule has 1 aliphatic rings. The molecule has 4 rings (SSSR count). The van der Waals surface area contributed by atoms with Crippen LogP contribution in [0.3, 0.4) is 0 Å². The summed E-state index contributed by atoms with van der Waals surface area (Å²) in [5.41, 5.74) is 14.3. The van der Waals surface area contributed by atoms with Gasteiger partial charge in [0, 0.05) is 19.4 Å². The molecule has 1 heterocycles. The Morgan fingerprint density at radius 1 is 0.786 bits per heavy atom. The van der Waals surface area contributed by atoms with Crippen molar-refractivity contribution in [2.24, 2.45) is 11.5 Å². The summed E-state index contributed by atoms with van der Waals surface area (Å²) in [6.07, 6.45) is 1.68. The summed E-state index contributed by atoms with van der Waals surface area (Å²) in [6, 6.07) is 21.2. The highest BCUT2D eigenvalue weighted by Gasteiger charge is 2.38. The second-order valence-corrected chi connectivity index (χ2v) is 10.6. The number of phenols is 1. The Morgan fingerprint density at radius 2 is 1.33 bits per heavy atom. The Hall–Kier alpha value is -4.70. The highest BCUT2D eigenvalue weighted by atomic mass is 16.3. The molecule has 1 aliphatic heterocycles.